The summed E-state index contributed by atoms with van der Waals surface area (Å²) in [6.07, 6.45) is -4.29. The van der Waals surface area contributed by atoms with Crippen molar-refractivity contribution in [1.29, 1.82) is 0 Å². The lowest BCUT2D eigenvalue weighted by Crippen LogP contribution is -2.74. The molecule has 1 saturated carbocycles. The average molecular weight is 312 g/mol. The summed E-state index contributed by atoms with van der Waals surface area (Å²) in [4.78, 5) is 0. The molecule has 0 aromatic carbocycles. The van der Waals surface area contributed by atoms with Gasteiger partial charge in [-0.25, -0.2) is 0 Å². The number of alkyl halides is 10. The molecule has 0 N–H and O–H groups in total. The van der Waals surface area contributed by atoms with Crippen molar-refractivity contribution in [3.8, 4) is 0 Å². The van der Waals surface area contributed by atoms with E-state index in [1.54, 1.807) is 0 Å². The molecule has 1 rings (SSSR count). The van der Waals surface area contributed by atoms with Crippen LogP contribution < -0.4 is 0 Å². The second kappa shape index (κ2) is 3.51. The first kappa shape index (κ1) is 16.0. The van der Waals surface area contributed by atoms with E-state index in [9.17, 15) is 52.7 Å². The van der Waals surface area contributed by atoms with Gasteiger partial charge in [-0.3, -0.25) is 0 Å². The molecule has 19 heavy (non-hydrogen) atoms. The van der Waals surface area contributed by atoms with Crippen molar-refractivity contribution in [3.05, 3.63) is 11.7 Å². The van der Waals surface area contributed by atoms with Crippen molar-refractivity contribution in [1.82, 2.24) is 0 Å². The molecule has 0 saturated heterocycles. The third-order valence-corrected chi connectivity index (χ3v) is 2.39. The minimum absolute atomic E-state index is 4.29. The molecule has 112 valence electrons. The maximum absolute atomic E-state index is 12.7. The van der Waals surface area contributed by atoms with Gasteiger partial charge in [0.15, 0.2) is 0 Å². The summed E-state index contributed by atoms with van der Waals surface area (Å²) in [6.45, 7) is 0. The van der Waals surface area contributed by atoms with Crippen LogP contribution in [0.15, 0.2) is 11.7 Å². The Morgan fingerprint density at radius 3 is 1.00 bits per heavy atom. The quantitative estimate of drug-likeness (QED) is 0.584. The van der Waals surface area contributed by atoms with E-state index in [1.807, 2.05) is 0 Å². The Kier molecular flexibility index (Phi) is 2.95. The summed E-state index contributed by atoms with van der Waals surface area (Å²) in [7, 11) is 0. The number of hydrogen-bond donors (Lipinski definition) is 0. The van der Waals surface area contributed by atoms with E-state index < -0.39 is 41.3 Å². The van der Waals surface area contributed by atoms with Gasteiger partial charge in [-0.2, -0.15) is 52.7 Å². The molecule has 0 aromatic heterocycles. The lowest BCUT2D eigenvalue weighted by atomic mass is 9.79. The Morgan fingerprint density at radius 2 is 0.789 bits per heavy atom. The van der Waals surface area contributed by atoms with E-state index in [4.69, 9.17) is 0 Å². The van der Waals surface area contributed by atoms with E-state index in [-0.39, 0.29) is 0 Å². The summed E-state index contributed by atoms with van der Waals surface area (Å²) in [5, 5.41) is 0. The van der Waals surface area contributed by atoms with Crippen LogP contribution in [-0.4, -0.2) is 29.6 Å². The van der Waals surface area contributed by atoms with Crippen LogP contribution in [0.25, 0.3) is 0 Å². The number of halogens is 12. The van der Waals surface area contributed by atoms with Crippen LogP contribution >= 0.6 is 0 Å². The highest BCUT2D eigenvalue weighted by Crippen LogP contribution is 2.67. The van der Waals surface area contributed by atoms with Crippen molar-refractivity contribution < 1.29 is 52.7 Å². The molecule has 0 radical (unpaired) electrons. The first-order valence-electron chi connectivity index (χ1n) is 4.02. The maximum Gasteiger partial charge on any atom is 0.385 e. The molecule has 0 nitrogen and oxygen atoms in total. The highest BCUT2D eigenvalue weighted by molar-refractivity contribution is 5.37. The molecule has 0 aromatic rings. The van der Waals surface area contributed by atoms with Crippen LogP contribution in [0, 0.1) is 0 Å². The van der Waals surface area contributed by atoms with Gasteiger partial charge in [0.2, 0.25) is 0 Å². The second-order valence-corrected chi connectivity index (χ2v) is 3.51. The van der Waals surface area contributed by atoms with Gasteiger partial charge in [-0.05, 0) is 0 Å². The highest BCUT2D eigenvalue weighted by Gasteiger charge is 2.94. The molecule has 0 atom stereocenters. The summed E-state index contributed by atoms with van der Waals surface area (Å²) >= 11 is 0. The highest BCUT2D eigenvalue weighted by atomic mass is 19.4. The van der Waals surface area contributed by atoms with E-state index in [2.05, 4.69) is 0 Å². The minimum atomic E-state index is -7.23. The zero-order valence-corrected chi connectivity index (χ0v) is 8.04. The van der Waals surface area contributed by atoms with Crippen LogP contribution in [0.5, 0.6) is 0 Å². The fraction of sp³-hybridized carbons (Fsp3) is 0.714. The predicted molar refractivity (Wildman–Crippen MR) is 34.0 cm³/mol. The predicted octanol–water partition coefficient (Wildman–Crippen LogP) is 4.33. The Hall–Kier alpha value is -1.10. The zero-order chi connectivity index (χ0) is 15.7. The number of hydrogen-bond acceptors (Lipinski definition) is 0. The average Bonchev–Trinajstić information content (AvgIpc) is 2.12. The van der Waals surface area contributed by atoms with Crippen molar-refractivity contribution in [3.63, 3.8) is 0 Å². The largest absolute Gasteiger partial charge is 0.385 e. The van der Waals surface area contributed by atoms with E-state index in [0.29, 0.717) is 0 Å². The molecular formula is C7F12. The zero-order valence-electron chi connectivity index (χ0n) is 8.04. The lowest BCUT2D eigenvalue weighted by Gasteiger charge is -2.46. The monoisotopic (exact) mass is 312 g/mol. The van der Waals surface area contributed by atoms with Gasteiger partial charge >= 0.3 is 29.6 Å². The molecule has 12 heteroatoms. The summed E-state index contributed by atoms with van der Waals surface area (Å²) in [6, 6.07) is 0. The lowest BCUT2D eigenvalue weighted by molar-refractivity contribution is -0.421. The van der Waals surface area contributed by atoms with Crippen molar-refractivity contribution in [2.24, 2.45) is 0 Å². The van der Waals surface area contributed by atoms with Gasteiger partial charge in [0, 0.05) is 0 Å². The van der Waals surface area contributed by atoms with Crippen molar-refractivity contribution in [2.75, 3.05) is 0 Å². The Balaban J connectivity index is 3.82. The molecule has 0 heterocycles. The number of rotatable bonds is 0. The van der Waals surface area contributed by atoms with Crippen molar-refractivity contribution in [2.45, 2.75) is 29.6 Å². The van der Waals surface area contributed by atoms with E-state index >= 15 is 0 Å². The molecule has 1 aliphatic carbocycles. The fourth-order valence-electron chi connectivity index (χ4n) is 1.34. The van der Waals surface area contributed by atoms with E-state index in [0.717, 1.165) is 0 Å². The van der Waals surface area contributed by atoms with Gasteiger partial charge in [-0.15, -0.1) is 0 Å². The molecule has 0 amide bonds. The second-order valence-electron chi connectivity index (χ2n) is 3.51. The summed E-state index contributed by atoms with van der Waals surface area (Å²) in [5.74, 6) is -35.2. The molecule has 0 bridgehead atoms. The molecule has 0 unspecified atom stereocenters. The fourth-order valence-corrected chi connectivity index (χ4v) is 1.34. The smallest absolute Gasteiger partial charge is 0.194 e. The summed E-state index contributed by atoms with van der Waals surface area (Å²) < 4.78 is 149. The van der Waals surface area contributed by atoms with Gasteiger partial charge in [0.1, 0.15) is 5.57 Å². The SMILES string of the molecule is FC(F)=C1C(F)(F)C(F)(F)C(F)(F)C(F)(F)C1(F)F. The Bertz CT molecular complexity index is 393. The molecule has 0 spiro atoms. The van der Waals surface area contributed by atoms with Crippen molar-refractivity contribution >= 4 is 0 Å². The van der Waals surface area contributed by atoms with Crippen LogP contribution in [0.4, 0.5) is 52.7 Å². The molecule has 1 aliphatic rings. The van der Waals surface area contributed by atoms with E-state index in [1.165, 1.54) is 0 Å². The first-order chi connectivity index (χ1) is 8.07. The molecule has 0 aliphatic heterocycles. The third-order valence-electron chi connectivity index (χ3n) is 2.39. The summed E-state index contributed by atoms with van der Waals surface area (Å²) in [5.41, 5.74) is -4.32. The van der Waals surface area contributed by atoms with Gasteiger partial charge in [-0.1, -0.05) is 0 Å². The van der Waals surface area contributed by atoms with Gasteiger partial charge in [0.25, 0.3) is 6.08 Å². The maximum atomic E-state index is 12.7. The topological polar surface area (TPSA) is 0 Å². The van der Waals surface area contributed by atoms with Crippen LogP contribution in [0.2, 0.25) is 0 Å². The Morgan fingerprint density at radius 1 is 0.526 bits per heavy atom. The van der Waals surface area contributed by atoms with Crippen LogP contribution in [-0.2, 0) is 0 Å². The molecular weight excluding hydrogens is 312 g/mol. The van der Waals surface area contributed by atoms with Gasteiger partial charge < -0.3 is 0 Å². The normalized spacial score (nSPS) is 30.0. The third kappa shape index (κ3) is 1.45. The standard InChI is InChI=1S/C7F12/c8-2(9)1-3(10,11)5(14,15)7(18,19)6(16,17)4(1,12)13. The molecule has 1 fully saturated rings. The van der Waals surface area contributed by atoms with Gasteiger partial charge in [0.05, 0.1) is 0 Å². The van der Waals surface area contributed by atoms with Crippen LogP contribution in [0.1, 0.15) is 0 Å². The minimum Gasteiger partial charge on any atom is -0.194 e. The number of allylic oxidation sites excluding steroid dienone is 1. The Labute approximate surface area is 95.2 Å². The van der Waals surface area contributed by atoms with Crippen LogP contribution in [0.3, 0.4) is 0 Å². The first-order valence-corrected chi connectivity index (χ1v) is 4.02.